The van der Waals surface area contributed by atoms with Crippen LogP contribution in [0.5, 0.6) is 0 Å². The van der Waals surface area contributed by atoms with Crippen molar-refractivity contribution in [3.8, 4) is 11.3 Å². The fourth-order valence-corrected chi connectivity index (χ4v) is 5.93. The average Bonchev–Trinajstić information content (AvgIpc) is 3.03. The minimum Gasteiger partial charge on any atom is -0.378 e. The molecular weight excluding hydrogens is 382 g/mol. The third-order valence-corrected chi connectivity index (χ3v) is 7.94. The van der Waals surface area contributed by atoms with Crippen LogP contribution < -0.4 is 4.90 Å². The molecule has 0 amide bonds. The molecule has 146 valence electrons. The zero-order valence-corrected chi connectivity index (χ0v) is 17.0. The lowest BCUT2D eigenvalue weighted by atomic mass is 10.2. The van der Waals surface area contributed by atoms with Gasteiger partial charge in [0.2, 0.25) is 10.0 Å². The molecule has 8 heteroatoms. The summed E-state index contributed by atoms with van der Waals surface area (Å²) in [5.74, 6) is 0. The van der Waals surface area contributed by atoms with Crippen molar-refractivity contribution in [1.29, 1.82) is 0 Å². The minimum absolute atomic E-state index is 0.372. The second kappa shape index (κ2) is 8.26. The van der Waals surface area contributed by atoms with Crippen molar-refractivity contribution in [1.82, 2.24) is 9.29 Å². The van der Waals surface area contributed by atoms with Crippen LogP contribution in [0.25, 0.3) is 11.3 Å². The van der Waals surface area contributed by atoms with Crippen molar-refractivity contribution < 1.29 is 13.2 Å². The Morgan fingerprint density at radius 1 is 0.926 bits per heavy atom. The van der Waals surface area contributed by atoms with Crippen LogP contribution in [0, 0.1) is 0 Å². The molecule has 0 radical (unpaired) electrons. The molecule has 2 saturated heterocycles. The summed E-state index contributed by atoms with van der Waals surface area (Å²) in [6.45, 7) is 4.44. The van der Waals surface area contributed by atoms with E-state index < -0.39 is 10.0 Å². The van der Waals surface area contributed by atoms with E-state index in [0.717, 1.165) is 68.4 Å². The number of ether oxygens (including phenoxy) is 1. The first-order valence-corrected chi connectivity index (χ1v) is 11.9. The Hall–Kier alpha value is -1.48. The van der Waals surface area contributed by atoms with Gasteiger partial charge in [-0.05, 0) is 25.0 Å². The first-order chi connectivity index (χ1) is 13.1. The molecule has 2 aliphatic heterocycles. The van der Waals surface area contributed by atoms with Crippen LogP contribution in [0.4, 0.5) is 5.13 Å². The second-order valence-corrected chi connectivity index (χ2v) is 9.73. The van der Waals surface area contributed by atoms with Crippen LogP contribution >= 0.6 is 11.3 Å². The Kier molecular flexibility index (Phi) is 5.77. The Labute approximate surface area is 164 Å². The average molecular weight is 408 g/mol. The molecule has 0 atom stereocenters. The molecule has 1 aromatic carbocycles. The number of aromatic nitrogens is 1. The van der Waals surface area contributed by atoms with E-state index in [1.807, 2.05) is 17.5 Å². The highest BCUT2D eigenvalue weighted by Gasteiger charge is 2.25. The van der Waals surface area contributed by atoms with Crippen molar-refractivity contribution in [3.63, 3.8) is 0 Å². The Bertz CT molecular complexity index is 851. The minimum atomic E-state index is -3.40. The van der Waals surface area contributed by atoms with Crippen LogP contribution in [0.15, 0.2) is 34.5 Å². The van der Waals surface area contributed by atoms with Gasteiger partial charge in [-0.2, -0.15) is 4.31 Å². The van der Waals surface area contributed by atoms with Gasteiger partial charge in [-0.1, -0.05) is 25.0 Å². The molecule has 2 aromatic rings. The van der Waals surface area contributed by atoms with E-state index in [1.54, 1.807) is 27.8 Å². The van der Waals surface area contributed by atoms with Gasteiger partial charge in [0.15, 0.2) is 5.13 Å². The van der Waals surface area contributed by atoms with E-state index in [4.69, 9.17) is 9.72 Å². The maximum atomic E-state index is 12.9. The summed E-state index contributed by atoms with van der Waals surface area (Å²) < 4.78 is 32.8. The Balaban J connectivity index is 1.51. The number of anilines is 1. The van der Waals surface area contributed by atoms with Gasteiger partial charge < -0.3 is 9.64 Å². The Morgan fingerprint density at radius 3 is 2.26 bits per heavy atom. The number of sulfonamides is 1. The summed E-state index contributed by atoms with van der Waals surface area (Å²) in [5, 5.41) is 3.03. The first-order valence-electron chi connectivity index (χ1n) is 9.53. The molecule has 0 aliphatic carbocycles. The lowest BCUT2D eigenvalue weighted by Crippen LogP contribution is -2.36. The van der Waals surface area contributed by atoms with Gasteiger partial charge in [0.25, 0.3) is 0 Å². The van der Waals surface area contributed by atoms with Crippen molar-refractivity contribution in [2.45, 2.75) is 30.6 Å². The monoisotopic (exact) mass is 407 g/mol. The zero-order valence-electron chi connectivity index (χ0n) is 15.3. The topological polar surface area (TPSA) is 62.7 Å². The molecule has 0 N–H and O–H groups in total. The highest BCUT2D eigenvalue weighted by Crippen LogP contribution is 2.29. The van der Waals surface area contributed by atoms with E-state index >= 15 is 0 Å². The summed E-state index contributed by atoms with van der Waals surface area (Å²) >= 11 is 1.62. The maximum Gasteiger partial charge on any atom is 0.243 e. The van der Waals surface area contributed by atoms with E-state index in [2.05, 4.69) is 4.90 Å². The van der Waals surface area contributed by atoms with E-state index in [9.17, 15) is 8.42 Å². The number of benzene rings is 1. The number of hydrogen-bond acceptors (Lipinski definition) is 6. The molecule has 0 spiro atoms. The number of hydrogen-bond donors (Lipinski definition) is 0. The highest BCUT2D eigenvalue weighted by molar-refractivity contribution is 7.89. The second-order valence-electron chi connectivity index (χ2n) is 6.96. The summed E-state index contributed by atoms with van der Waals surface area (Å²) in [6, 6.07) is 7.15. The molecule has 1 aromatic heterocycles. The van der Waals surface area contributed by atoms with Crippen LogP contribution in [0.1, 0.15) is 25.7 Å². The summed E-state index contributed by atoms with van der Waals surface area (Å²) in [4.78, 5) is 7.33. The van der Waals surface area contributed by atoms with Crippen LogP contribution in [-0.4, -0.2) is 57.1 Å². The molecule has 27 heavy (non-hydrogen) atoms. The third-order valence-electron chi connectivity index (χ3n) is 5.13. The molecular formula is C19H25N3O3S2. The molecule has 2 aliphatic rings. The highest BCUT2D eigenvalue weighted by atomic mass is 32.2. The normalized spacial score (nSPS) is 19.8. The van der Waals surface area contributed by atoms with Gasteiger partial charge in [-0.25, -0.2) is 13.4 Å². The van der Waals surface area contributed by atoms with Gasteiger partial charge in [0, 0.05) is 37.1 Å². The van der Waals surface area contributed by atoms with Gasteiger partial charge >= 0.3 is 0 Å². The van der Waals surface area contributed by atoms with Gasteiger partial charge in [0.1, 0.15) is 0 Å². The lowest BCUT2D eigenvalue weighted by Gasteiger charge is -2.26. The molecule has 6 nitrogen and oxygen atoms in total. The Morgan fingerprint density at radius 2 is 1.59 bits per heavy atom. The standard InChI is InChI=1S/C19H25N3O3S2/c23-27(24,22-9-3-1-2-4-10-22)17-7-5-16(6-8-17)18-15-26-19(20-18)21-11-13-25-14-12-21/h5-8,15H,1-4,9-14H2. The van der Waals surface area contributed by atoms with Crippen molar-refractivity contribution in [2.24, 2.45) is 0 Å². The number of morpholine rings is 1. The number of thiazole rings is 1. The van der Waals surface area contributed by atoms with Crippen molar-refractivity contribution in [2.75, 3.05) is 44.3 Å². The molecule has 0 bridgehead atoms. The summed E-state index contributed by atoms with van der Waals surface area (Å²) in [7, 11) is -3.40. The molecule has 3 heterocycles. The SMILES string of the molecule is O=S(=O)(c1ccc(-c2csc(N3CCOCC3)n2)cc1)N1CCCCCC1. The summed E-state index contributed by atoms with van der Waals surface area (Å²) in [5.41, 5.74) is 1.83. The zero-order chi connectivity index (χ0) is 18.7. The fourth-order valence-electron chi connectivity index (χ4n) is 3.53. The smallest absolute Gasteiger partial charge is 0.243 e. The predicted molar refractivity (Wildman–Crippen MR) is 108 cm³/mol. The van der Waals surface area contributed by atoms with Crippen molar-refractivity contribution >= 4 is 26.5 Å². The van der Waals surface area contributed by atoms with E-state index in [1.165, 1.54) is 0 Å². The van der Waals surface area contributed by atoms with E-state index in [0.29, 0.717) is 18.0 Å². The van der Waals surface area contributed by atoms with Gasteiger partial charge in [0.05, 0.1) is 23.8 Å². The molecule has 0 unspecified atom stereocenters. The van der Waals surface area contributed by atoms with Gasteiger partial charge in [-0.3, -0.25) is 0 Å². The van der Waals surface area contributed by atoms with Gasteiger partial charge in [-0.15, -0.1) is 11.3 Å². The van der Waals surface area contributed by atoms with Crippen LogP contribution in [-0.2, 0) is 14.8 Å². The predicted octanol–water partition coefficient (Wildman–Crippen LogP) is 3.21. The van der Waals surface area contributed by atoms with Crippen LogP contribution in [0.3, 0.4) is 0 Å². The van der Waals surface area contributed by atoms with Crippen LogP contribution in [0.2, 0.25) is 0 Å². The fraction of sp³-hybridized carbons (Fsp3) is 0.526. The number of rotatable bonds is 4. The summed E-state index contributed by atoms with van der Waals surface area (Å²) in [6.07, 6.45) is 4.11. The molecule has 2 fully saturated rings. The van der Waals surface area contributed by atoms with Crippen molar-refractivity contribution in [3.05, 3.63) is 29.6 Å². The van der Waals surface area contributed by atoms with E-state index in [-0.39, 0.29) is 0 Å². The first kappa shape index (κ1) is 18.9. The third kappa shape index (κ3) is 4.18. The quantitative estimate of drug-likeness (QED) is 0.779. The lowest BCUT2D eigenvalue weighted by molar-refractivity contribution is 0.122. The molecule has 4 rings (SSSR count). The number of nitrogens with zero attached hydrogens (tertiary/aromatic N) is 3. The largest absolute Gasteiger partial charge is 0.378 e. The molecule has 0 saturated carbocycles. The maximum absolute atomic E-state index is 12.9.